The highest BCUT2D eigenvalue weighted by atomic mass is 16.7. The summed E-state index contributed by atoms with van der Waals surface area (Å²) in [5, 5.41) is 8.97. The van der Waals surface area contributed by atoms with E-state index in [2.05, 4.69) is 6.07 Å². The van der Waals surface area contributed by atoms with E-state index in [0.717, 1.165) is 16.8 Å². The maximum atomic E-state index is 11.9. The first-order chi connectivity index (χ1) is 10.7. The fraction of sp³-hybridized carbons (Fsp3) is 0.333. The molecule has 120 valence electrons. The maximum absolute atomic E-state index is 11.9. The number of carbonyl (C=O) groups is 1. The summed E-state index contributed by atoms with van der Waals surface area (Å²) in [6, 6.07) is 7.45. The molecule has 23 heavy (non-hydrogen) atoms. The third-order valence-corrected chi connectivity index (χ3v) is 3.25. The first kappa shape index (κ1) is 16.6. The van der Waals surface area contributed by atoms with Gasteiger partial charge in [0.25, 0.3) is 0 Å². The molecule has 0 amide bonds. The normalized spacial score (nSPS) is 11.0. The maximum Gasteiger partial charge on any atom is 0.514 e. The van der Waals surface area contributed by atoms with E-state index < -0.39 is 11.8 Å². The zero-order chi connectivity index (χ0) is 17.2. The summed E-state index contributed by atoms with van der Waals surface area (Å²) in [5.74, 6) is 0.437. The van der Waals surface area contributed by atoms with Gasteiger partial charge in [0.1, 0.15) is 17.4 Å². The molecular formula is C18H20N2O3. The lowest BCUT2D eigenvalue weighted by molar-refractivity contribution is 0.0205. The average Bonchev–Trinajstić information content (AvgIpc) is 2.89. The van der Waals surface area contributed by atoms with E-state index >= 15 is 0 Å². The number of carbonyl (C=O) groups excluding carboxylic acids is 1. The predicted octanol–water partition coefficient (Wildman–Crippen LogP) is 4.28. The van der Waals surface area contributed by atoms with Crippen LogP contribution in [-0.4, -0.2) is 16.3 Å². The summed E-state index contributed by atoms with van der Waals surface area (Å²) in [5.41, 5.74) is 2.66. The first-order valence-electron chi connectivity index (χ1n) is 7.31. The standard InChI is InChI=1S/C18H20N2O3/c1-12-6-7-15(22-17(21)23-18(3,4)5)13(2)16(12)20-9-8-14(10-19)11-20/h6-9,11H,1-5H3. The zero-order valence-corrected chi connectivity index (χ0v) is 14.0. The number of rotatable bonds is 2. The molecule has 1 aromatic heterocycles. The molecule has 0 aliphatic rings. The van der Waals surface area contributed by atoms with Crippen molar-refractivity contribution in [1.29, 1.82) is 5.26 Å². The molecule has 0 saturated heterocycles. The summed E-state index contributed by atoms with van der Waals surface area (Å²) >= 11 is 0. The number of aromatic nitrogens is 1. The molecule has 5 heteroatoms. The van der Waals surface area contributed by atoms with Gasteiger partial charge in [0, 0.05) is 18.0 Å². The van der Waals surface area contributed by atoms with Gasteiger partial charge in [0.05, 0.1) is 11.3 Å². The number of aryl methyl sites for hydroxylation is 1. The van der Waals surface area contributed by atoms with Crippen molar-refractivity contribution in [2.75, 3.05) is 0 Å². The molecule has 0 bridgehead atoms. The monoisotopic (exact) mass is 312 g/mol. The minimum atomic E-state index is -0.736. The highest BCUT2D eigenvalue weighted by Crippen LogP contribution is 2.29. The molecular weight excluding hydrogens is 292 g/mol. The lowest BCUT2D eigenvalue weighted by Gasteiger charge is -2.20. The van der Waals surface area contributed by atoms with Crippen LogP contribution >= 0.6 is 0 Å². The van der Waals surface area contributed by atoms with E-state index in [1.54, 1.807) is 39.1 Å². The third-order valence-electron chi connectivity index (χ3n) is 3.25. The second kappa shape index (κ2) is 6.17. The van der Waals surface area contributed by atoms with Crippen LogP contribution in [-0.2, 0) is 4.74 Å². The highest BCUT2D eigenvalue weighted by molar-refractivity contribution is 5.67. The van der Waals surface area contributed by atoms with Gasteiger partial charge in [-0.3, -0.25) is 0 Å². The van der Waals surface area contributed by atoms with Gasteiger partial charge >= 0.3 is 6.16 Å². The molecule has 0 fully saturated rings. The number of nitriles is 1. The van der Waals surface area contributed by atoms with Gasteiger partial charge in [-0.1, -0.05) is 6.07 Å². The van der Waals surface area contributed by atoms with Crippen molar-refractivity contribution in [1.82, 2.24) is 4.57 Å². The molecule has 0 aliphatic heterocycles. The fourth-order valence-corrected chi connectivity index (χ4v) is 2.29. The van der Waals surface area contributed by atoms with Crippen molar-refractivity contribution in [3.05, 3.63) is 47.3 Å². The zero-order valence-electron chi connectivity index (χ0n) is 14.0. The van der Waals surface area contributed by atoms with E-state index in [1.165, 1.54) is 0 Å². The quantitative estimate of drug-likeness (QED) is 0.613. The van der Waals surface area contributed by atoms with Crippen LogP contribution in [0.2, 0.25) is 0 Å². The molecule has 0 N–H and O–H groups in total. The molecule has 0 unspecified atom stereocenters. The van der Waals surface area contributed by atoms with Crippen molar-refractivity contribution in [3.63, 3.8) is 0 Å². The third kappa shape index (κ3) is 3.92. The van der Waals surface area contributed by atoms with Gasteiger partial charge < -0.3 is 14.0 Å². The van der Waals surface area contributed by atoms with Gasteiger partial charge in [-0.25, -0.2) is 4.79 Å². The predicted molar refractivity (Wildman–Crippen MR) is 86.8 cm³/mol. The van der Waals surface area contributed by atoms with Crippen LogP contribution in [0.25, 0.3) is 5.69 Å². The fourth-order valence-electron chi connectivity index (χ4n) is 2.29. The highest BCUT2D eigenvalue weighted by Gasteiger charge is 2.20. The summed E-state index contributed by atoms with van der Waals surface area (Å²) in [4.78, 5) is 11.9. The molecule has 0 aliphatic carbocycles. The Labute approximate surface area is 136 Å². The Balaban J connectivity index is 2.36. The summed E-state index contributed by atoms with van der Waals surface area (Å²) < 4.78 is 12.4. The Morgan fingerprint density at radius 1 is 1.22 bits per heavy atom. The molecule has 1 aromatic carbocycles. The smallest absolute Gasteiger partial charge is 0.428 e. The Bertz CT molecular complexity index is 777. The molecule has 2 rings (SSSR count). The lowest BCUT2D eigenvalue weighted by atomic mass is 10.1. The Kier molecular flexibility index (Phi) is 4.46. The minimum Gasteiger partial charge on any atom is -0.428 e. The number of hydrogen-bond donors (Lipinski definition) is 0. The van der Waals surface area contributed by atoms with E-state index in [4.69, 9.17) is 14.7 Å². The number of hydrogen-bond acceptors (Lipinski definition) is 4. The van der Waals surface area contributed by atoms with Crippen LogP contribution in [0.5, 0.6) is 5.75 Å². The van der Waals surface area contributed by atoms with Crippen LogP contribution in [0.3, 0.4) is 0 Å². The van der Waals surface area contributed by atoms with Crippen LogP contribution in [0, 0.1) is 25.2 Å². The van der Waals surface area contributed by atoms with Crippen molar-refractivity contribution in [2.24, 2.45) is 0 Å². The van der Waals surface area contributed by atoms with Crippen molar-refractivity contribution >= 4 is 6.16 Å². The number of nitrogens with zero attached hydrogens (tertiary/aromatic N) is 2. The first-order valence-corrected chi connectivity index (χ1v) is 7.31. The Morgan fingerprint density at radius 3 is 2.48 bits per heavy atom. The second-order valence-electron chi connectivity index (χ2n) is 6.34. The molecule has 5 nitrogen and oxygen atoms in total. The molecule has 0 radical (unpaired) electrons. The Hall–Kier alpha value is -2.74. The lowest BCUT2D eigenvalue weighted by Crippen LogP contribution is -2.26. The van der Waals surface area contributed by atoms with E-state index in [-0.39, 0.29) is 0 Å². The van der Waals surface area contributed by atoms with Crippen molar-refractivity contribution in [2.45, 2.75) is 40.2 Å². The van der Waals surface area contributed by atoms with Crippen LogP contribution < -0.4 is 4.74 Å². The minimum absolute atomic E-state index is 0.437. The average molecular weight is 312 g/mol. The topological polar surface area (TPSA) is 64.2 Å². The molecule has 1 heterocycles. The van der Waals surface area contributed by atoms with Gasteiger partial charge in [-0.15, -0.1) is 0 Å². The Morgan fingerprint density at radius 2 is 1.91 bits per heavy atom. The van der Waals surface area contributed by atoms with Crippen LogP contribution in [0.1, 0.15) is 37.5 Å². The summed E-state index contributed by atoms with van der Waals surface area (Å²) in [7, 11) is 0. The molecule has 0 saturated carbocycles. The van der Waals surface area contributed by atoms with Crippen LogP contribution in [0.4, 0.5) is 4.79 Å². The van der Waals surface area contributed by atoms with Gasteiger partial charge in [0.2, 0.25) is 0 Å². The van der Waals surface area contributed by atoms with Gasteiger partial charge in [0.15, 0.2) is 0 Å². The summed E-state index contributed by atoms with van der Waals surface area (Å²) in [6.45, 7) is 9.18. The SMILES string of the molecule is Cc1ccc(OC(=O)OC(C)(C)C)c(C)c1-n1ccc(C#N)c1. The van der Waals surface area contributed by atoms with Gasteiger partial charge in [-0.05, 0) is 52.3 Å². The summed E-state index contributed by atoms with van der Waals surface area (Å²) in [6.07, 6.45) is 2.82. The van der Waals surface area contributed by atoms with Gasteiger partial charge in [-0.2, -0.15) is 5.26 Å². The van der Waals surface area contributed by atoms with E-state index in [0.29, 0.717) is 11.3 Å². The van der Waals surface area contributed by atoms with E-state index in [1.807, 2.05) is 30.7 Å². The van der Waals surface area contributed by atoms with E-state index in [9.17, 15) is 4.79 Å². The van der Waals surface area contributed by atoms with Crippen LogP contribution in [0.15, 0.2) is 30.6 Å². The van der Waals surface area contributed by atoms with Crippen molar-refractivity contribution < 1.29 is 14.3 Å². The second-order valence-corrected chi connectivity index (χ2v) is 6.34. The molecule has 2 aromatic rings. The number of ether oxygens (including phenoxy) is 2. The molecule has 0 atom stereocenters. The van der Waals surface area contributed by atoms with Crippen molar-refractivity contribution in [3.8, 4) is 17.5 Å². The molecule has 0 spiro atoms. The largest absolute Gasteiger partial charge is 0.514 e. The number of benzene rings is 1.